The molecular weight excluding hydrogens is 651 g/mol. The predicted octanol–water partition coefficient (Wildman–Crippen LogP) is 7.03. The Balaban J connectivity index is 1.87. The highest BCUT2D eigenvalue weighted by Crippen LogP contribution is 2.37. The van der Waals surface area contributed by atoms with E-state index in [-0.39, 0.29) is 22.9 Å². The van der Waals surface area contributed by atoms with E-state index >= 15 is 0 Å². The van der Waals surface area contributed by atoms with Gasteiger partial charge in [0, 0.05) is 19.5 Å². The highest BCUT2D eigenvalue weighted by molar-refractivity contribution is 7.92. The lowest BCUT2D eigenvalue weighted by molar-refractivity contribution is -0.140. The number of carbonyl (C=O) groups excluding carboxylic acids is 2. The number of benzene rings is 4. The topological polar surface area (TPSA) is 86.8 Å². The van der Waals surface area contributed by atoms with Crippen molar-refractivity contribution in [1.29, 1.82) is 0 Å². The van der Waals surface area contributed by atoms with Gasteiger partial charge in [-0.15, -0.1) is 0 Å². The van der Waals surface area contributed by atoms with Crippen LogP contribution in [0.4, 0.5) is 18.9 Å². The molecule has 4 aromatic rings. The Bertz CT molecular complexity index is 1790. The van der Waals surface area contributed by atoms with E-state index in [1.807, 2.05) is 44.2 Å². The second-order valence-corrected chi connectivity index (χ2v) is 13.2. The zero-order chi connectivity index (χ0) is 34.2. The Labute approximate surface area is 278 Å². The van der Waals surface area contributed by atoms with Crippen LogP contribution in [0.2, 0.25) is 5.02 Å². The van der Waals surface area contributed by atoms with E-state index < -0.39 is 51.9 Å². The summed E-state index contributed by atoms with van der Waals surface area (Å²) >= 11 is 6.36. The maximum absolute atomic E-state index is 14.5. The van der Waals surface area contributed by atoms with Crippen molar-refractivity contribution < 1.29 is 31.2 Å². The van der Waals surface area contributed by atoms with Crippen LogP contribution in [0.25, 0.3) is 0 Å². The average molecular weight is 686 g/mol. The summed E-state index contributed by atoms with van der Waals surface area (Å²) in [4.78, 5) is 29.3. The molecule has 0 fully saturated rings. The van der Waals surface area contributed by atoms with Gasteiger partial charge in [-0.25, -0.2) is 8.42 Å². The van der Waals surface area contributed by atoms with Crippen LogP contribution in [0.1, 0.15) is 35.6 Å². The summed E-state index contributed by atoms with van der Waals surface area (Å²) in [5, 5.41) is 2.54. The zero-order valence-corrected chi connectivity index (χ0v) is 27.4. The number of amides is 2. The molecule has 47 heavy (non-hydrogen) atoms. The molecule has 0 heterocycles. The fourth-order valence-corrected chi connectivity index (χ4v) is 6.72. The molecule has 0 aliphatic heterocycles. The molecule has 4 aromatic carbocycles. The molecule has 0 unspecified atom stereocenters. The maximum Gasteiger partial charge on any atom is 0.416 e. The fourth-order valence-electron chi connectivity index (χ4n) is 5.00. The Hall–Kier alpha value is -4.35. The van der Waals surface area contributed by atoms with Crippen molar-refractivity contribution in [3.63, 3.8) is 0 Å². The fraction of sp³-hybridized carbons (Fsp3) is 0.257. The van der Waals surface area contributed by atoms with E-state index in [0.29, 0.717) is 28.9 Å². The van der Waals surface area contributed by atoms with Gasteiger partial charge in [0.1, 0.15) is 12.6 Å². The number of nitrogens with zero attached hydrogens (tertiary/aromatic N) is 2. The van der Waals surface area contributed by atoms with Crippen LogP contribution in [0.5, 0.6) is 0 Å². The second kappa shape index (κ2) is 15.5. The van der Waals surface area contributed by atoms with Crippen LogP contribution in [-0.4, -0.2) is 44.3 Å². The summed E-state index contributed by atoms with van der Waals surface area (Å²) in [6, 6.07) is 24.5. The minimum absolute atomic E-state index is 0.0713. The SMILES string of the molecule is CCCNC(=O)[C@H](Cc1ccccc1)N(Cc1ccccc1C)C(=O)CN(c1cc(C(F)(F)F)ccc1Cl)S(=O)(=O)c1ccccc1. The highest BCUT2D eigenvalue weighted by Gasteiger charge is 2.37. The van der Waals surface area contributed by atoms with Crippen molar-refractivity contribution in [2.24, 2.45) is 0 Å². The molecule has 0 aliphatic rings. The standard InChI is InChI=1S/C35H35ClF3N3O4S/c1-3-20-40-34(44)32(21-26-13-6-4-7-14-26)41(23-27-15-11-10-12-25(27)2)33(43)24-42(47(45,46)29-16-8-5-9-17-29)31-22-28(35(37,38)39)18-19-30(31)36/h4-19,22,32H,3,20-21,23-24H2,1-2H3,(H,40,44)/t32-/m0/s1. The number of alkyl halides is 3. The lowest BCUT2D eigenvalue weighted by Crippen LogP contribution is -2.53. The monoisotopic (exact) mass is 685 g/mol. The number of rotatable bonds is 13. The molecule has 0 bridgehead atoms. The molecule has 0 spiro atoms. The number of anilines is 1. The van der Waals surface area contributed by atoms with Gasteiger partial charge in [0.2, 0.25) is 11.8 Å². The van der Waals surface area contributed by atoms with Crippen molar-refractivity contribution in [3.8, 4) is 0 Å². The van der Waals surface area contributed by atoms with Gasteiger partial charge < -0.3 is 10.2 Å². The van der Waals surface area contributed by atoms with Gasteiger partial charge in [-0.2, -0.15) is 13.2 Å². The number of sulfonamides is 1. The van der Waals surface area contributed by atoms with E-state index in [0.717, 1.165) is 23.3 Å². The Morgan fingerprint density at radius 3 is 2.13 bits per heavy atom. The minimum Gasteiger partial charge on any atom is -0.354 e. The van der Waals surface area contributed by atoms with Gasteiger partial charge in [-0.3, -0.25) is 13.9 Å². The number of carbonyl (C=O) groups is 2. The van der Waals surface area contributed by atoms with Gasteiger partial charge in [0.15, 0.2) is 0 Å². The van der Waals surface area contributed by atoms with E-state index in [2.05, 4.69) is 5.32 Å². The van der Waals surface area contributed by atoms with Crippen LogP contribution in [-0.2, 0) is 38.8 Å². The molecule has 1 N–H and O–H groups in total. The Morgan fingerprint density at radius 1 is 0.894 bits per heavy atom. The van der Waals surface area contributed by atoms with Crippen molar-refractivity contribution in [3.05, 3.63) is 130 Å². The molecular formula is C35H35ClF3N3O4S. The van der Waals surface area contributed by atoms with Crippen molar-refractivity contribution in [1.82, 2.24) is 10.2 Å². The van der Waals surface area contributed by atoms with Crippen LogP contribution < -0.4 is 9.62 Å². The summed E-state index contributed by atoms with van der Waals surface area (Å²) in [6.07, 6.45) is -4.09. The maximum atomic E-state index is 14.5. The molecule has 0 aromatic heterocycles. The number of hydrogen-bond donors (Lipinski definition) is 1. The van der Waals surface area contributed by atoms with Crippen molar-refractivity contribution >= 4 is 39.1 Å². The van der Waals surface area contributed by atoms with Crippen molar-refractivity contribution in [2.75, 3.05) is 17.4 Å². The number of halogens is 4. The second-order valence-electron chi connectivity index (χ2n) is 10.9. The summed E-state index contributed by atoms with van der Waals surface area (Å²) in [6.45, 7) is 3.06. The molecule has 4 rings (SSSR count). The number of hydrogen-bond acceptors (Lipinski definition) is 4. The van der Waals surface area contributed by atoms with Crippen molar-refractivity contribution in [2.45, 2.75) is 50.3 Å². The number of nitrogens with one attached hydrogen (secondary N) is 1. The first-order chi connectivity index (χ1) is 22.3. The van der Waals surface area contributed by atoms with Gasteiger partial charge in [0.25, 0.3) is 10.0 Å². The molecule has 12 heteroatoms. The van der Waals surface area contributed by atoms with E-state index in [1.54, 1.807) is 30.3 Å². The predicted molar refractivity (Wildman–Crippen MR) is 176 cm³/mol. The van der Waals surface area contributed by atoms with Gasteiger partial charge in [-0.1, -0.05) is 91.3 Å². The quantitative estimate of drug-likeness (QED) is 0.164. The van der Waals surface area contributed by atoms with E-state index in [4.69, 9.17) is 11.6 Å². The highest BCUT2D eigenvalue weighted by atomic mass is 35.5. The molecule has 0 saturated heterocycles. The van der Waals surface area contributed by atoms with Gasteiger partial charge in [-0.05, 0) is 60.4 Å². The number of aryl methyl sites for hydroxylation is 1. The zero-order valence-electron chi connectivity index (χ0n) is 25.9. The van der Waals surface area contributed by atoms with Crippen LogP contribution in [0.15, 0.2) is 108 Å². The molecule has 248 valence electrons. The molecule has 1 atom stereocenters. The third kappa shape index (κ3) is 8.93. The summed E-state index contributed by atoms with van der Waals surface area (Å²) < 4.78 is 70.2. The van der Waals surface area contributed by atoms with E-state index in [1.165, 1.54) is 29.2 Å². The Morgan fingerprint density at radius 2 is 1.51 bits per heavy atom. The first-order valence-corrected chi connectivity index (χ1v) is 16.7. The van der Waals surface area contributed by atoms with Gasteiger partial charge >= 0.3 is 6.18 Å². The smallest absolute Gasteiger partial charge is 0.354 e. The molecule has 0 saturated carbocycles. The third-order valence-electron chi connectivity index (χ3n) is 7.57. The third-order valence-corrected chi connectivity index (χ3v) is 9.67. The molecule has 2 amide bonds. The summed E-state index contributed by atoms with van der Waals surface area (Å²) in [5.41, 5.74) is 0.616. The lowest BCUT2D eigenvalue weighted by atomic mass is 10.0. The minimum atomic E-state index is -4.82. The van der Waals surface area contributed by atoms with Gasteiger partial charge in [0.05, 0.1) is 21.2 Å². The van der Waals surface area contributed by atoms with Crippen LogP contribution in [0.3, 0.4) is 0 Å². The van der Waals surface area contributed by atoms with Crippen LogP contribution in [0, 0.1) is 6.92 Å². The first-order valence-electron chi connectivity index (χ1n) is 14.9. The molecule has 0 aliphatic carbocycles. The normalized spacial score (nSPS) is 12.3. The van der Waals surface area contributed by atoms with E-state index in [9.17, 15) is 31.2 Å². The Kier molecular flexibility index (Phi) is 11.7. The first kappa shape index (κ1) is 35.5. The molecule has 7 nitrogen and oxygen atoms in total. The largest absolute Gasteiger partial charge is 0.416 e. The van der Waals surface area contributed by atoms with Crippen LogP contribution >= 0.6 is 11.6 Å². The summed E-state index contributed by atoms with van der Waals surface area (Å²) in [7, 11) is -4.63. The molecule has 0 radical (unpaired) electrons. The average Bonchev–Trinajstić information content (AvgIpc) is 3.05. The lowest BCUT2D eigenvalue weighted by Gasteiger charge is -2.34. The summed E-state index contributed by atoms with van der Waals surface area (Å²) in [5.74, 6) is -1.26.